The molecule has 2 aromatic carbocycles. The van der Waals surface area contributed by atoms with E-state index in [4.69, 9.17) is 28.4 Å². The monoisotopic (exact) mass is 529 g/mol. The standard InChI is InChI=1S/C28H35NO9/c1-16(2)12-24(31)37-15-38-28(32)29(3)20-10-8-17-13-23(34-5)26(35-6)27(36-7)25(17)18-9-11-22(33-4)21(30)14-19(18)20/h9,11,13-14,16,20H,8,10,12,15H2,1-7H3/t20-/m0/s1. The van der Waals surface area contributed by atoms with E-state index in [1.54, 1.807) is 26.3 Å². The number of ether oxygens (including phenoxy) is 6. The van der Waals surface area contributed by atoms with Crippen molar-refractivity contribution in [2.45, 2.75) is 39.2 Å². The summed E-state index contributed by atoms with van der Waals surface area (Å²) in [6, 6.07) is 6.15. The average molecular weight is 530 g/mol. The predicted octanol–water partition coefficient (Wildman–Crippen LogP) is 4.35. The molecule has 3 rings (SSSR count). The Morgan fingerprint density at radius 3 is 2.24 bits per heavy atom. The number of fused-ring (bicyclic) bond motifs is 3. The maximum Gasteiger partial charge on any atom is 0.412 e. The van der Waals surface area contributed by atoms with Crippen LogP contribution in [0, 0.1) is 5.92 Å². The van der Waals surface area contributed by atoms with Gasteiger partial charge in [-0.25, -0.2) is 4.79 Å². The van der Waals surface area contributed by atoms with Gasteiger partial charge in [-0.3, -0.25) is 9.59 Å². The van der Waals surface area contributed by atoms with Gasteiger partial charge in [-0.2, -0.15) is 0 Å². The molecule has 0 N–H and O–H groups in total. The average Bonchev–Trinajstić information content (AvgIpc) is 3.14. The molecule has 0 fully saturated rings. The van der Waals surface area contributed by atoms with E-state index < -0.39 is 24.9 Å². The van der Waals surface area contributed by atoms with E-state index in [1.165, 1.54) is 32.3 Å². The molecule has 0 heterocycles. The van der Waals surface area contributed by atoms with E-state index in [-0.39, 0.29) is 23.5 Å². The lowest BCUT2D eigenvalue weighted by atomic mass is 9.95. The van der Waals surface area contributed by atoms with Gasteiger partial charge in [-0.15, -0.1) is 0 Å². The minimum atomic E-state index is -0.697. The molecule has 1 amide bonds. The first kappa shape index (κ1) is 28.6. The molecule has 2 aromatic rings. The number of methoxy groups -OCH3 is 4. The van der Waals surface area contributed by atoms with Crippen LogP contribution in [0.3, 0.4) is 0 Å². The van der Waals surface area contributed by atoms with Crippen LogP contribution in [0.4, 0.5) is 4.79 Å². The quantitative estimate of drug-likeness (QED) is 0.346. The number of hydrogen-bond acceptors (Lipinski definition) is 9. The minimum Gasteiger partial charge on any atom is -0.493 e. The van der Waals surface area contributed by atoms with E-state index in [0.717, 1.165) is 11.1 Å². The van der Waals surface area contributed by atoms with E-state index in [9.17, 15) is 14.4 Å². The third-order valence-corrected chi connectivity index (χ3v) is 6.42. The van der Waals surface area contributed by atoms with Gasteiger partial charge >= 0.3 is 12.1 Å². The van der Waals surface area contributed by atoms with Crippen LogP contribution >= 0.6 is 0 Å². The summed E-state index contributed by atoms with van der Waals surface area (Å²) in [5.74, 6) is 1.19. The number of amides is 1. The normalized spacial score (nSPS) is 13.9. The molecule has 1 atom stereocenters. The lowest BCUT2D eigenvalue weighted by Gasteiger charge is -2.27. The summed E-state index contributed by atoms with van der Waals surface area (Å²) in [5, 5.41) is 0. The highest BCUT2D eigenvalue weighted by molar-refractivity contribution is 5.83. The Kier molecular flexibility index (Phi) is 9.44. The molecule has 0 spiro atoms. The number of aryl methyl sites for hydroxylation is 1. The van der Waals surface area contributed by atoms with Gasteiger partial charge in [0.15, 0.2) is 17.2 Å². The molecule has 0 radical (unpaired) electrons. The predicted molar refractivity (Wildman–Crippen MR) is 140 cm³/mol. The second-order valence-electron chi connectivity index (χ2n) is 9.27. The van der Waals surface area contributed by atoms with Gasteiger partial charge < -0.3 is 33.3 Å². The largest absolute Gasteiger partial charge is 0.493 e. The van der Waals surface area contributed by atoms with Crippen molar-refractivity contribution < 1.29 is 38.0 Å². The van der Waals surface area contributed by atoms with Crippen LogP contribution in [0.5, 0.6) is 23.0 Å². The van der Waals surface area contributed by atoms with Crippen molar-refractivity contribution in [3.63, 3.8) is 0 Å². The summed E-state index contributed by atoms with van der Waals surface area (Å²) in [6.07, 6.45) is 0.517. The molecule has 1 aliphatic carbocycles. The molecule has 10 heteroatoms. The van der Waals surface area contributed by atoms with Crippen LogP contribution in [0.15, 0.2) is 29.1 Å². The van der Waals surface area contributed by atoms with Crippen molar-refractivity contribution in [2.75, 3.05) is 42.3 Å². The Labute approximate surface area is 222 Å². The van der Waals surface area contributed by atoms with E-state index in [0.29, 0.717) is 41.2 Å². The number of nitrogens with zero attached hydrogens (tertiary/aromatic N) is 1. The zero-order valence-corrected chi connectivity index (χ0v) is 22.9. The van der Waals surface area contributed by atoms with Gasteiger partial charge in [0.2, 0.25) is 18.0 Å². The van der Waals surface area contributed by atoms with Gasteiger partial charge in [0, 0.05) is 19.0 Å². The SMILES string of the molecule is COc1cc2c(c(OC)c1OC)-c1ccc(OC)c(=O)cc1[C@@H](N(C)C(=O)OCOC(=O)CC(C)C)CC2. The zero-order chi connectivity index (χ0) is 28.0. The highest BCUT2D eigenvalue weighted by Gasteiger charge is 2.32. The molecule has 0 bridgehead atoms. The number of esters is 1. The lowest BCUT2D eigenvalue weighted by Crippen LogP contribution is -2.33. The molecule has 0 saturated heterocycles. The summed E-state index contributed by atoms with van der Waals surface area (Å²) in [7, 11) is 7.60. The summed E-state index contributed by atoms with van der Waals surface area (Å²) >= 11 is 0. The third kappa shape index (κ3) is 5.95. The third-order valence-electron chi connectivity index (χ3n) is 6.42. The van der Waals surface area contributed by atoms with Crippen LogP contribution in [-0.2, 0) is 20.7 Å². The maximum atomic E-state index is 13.0. The summed E-state index contributed by atoms with van der Waals surface area (Å²) in [4.78, 5) is 39.2. The molecule has 38 heavy (non-hydrogen) atoms. The van der Waals surface area contributed by atoms with Gasteiger partial charge in [-0.05, 0) is 53.6 Å². The summed E-state index contributed by atoms with van der Waals surface area (Å²) < 4.78 is 32.5. The fraction of sp³-hybridized carbons (Fsp3) is 0.464. The van der Waals surface area contributed by atoms with Crippen LogP contribution < -0.4 is 24.4 Å². The molecule has 0 aliphatic heterocycles. The molecule has 0 unspecified atom stereocenters. The number of rotatable bonds is 9. The van der Waals surface area contributed by atoms with Crippen LogP contribution in [-0.4, -0.2) is 59.2 Å². The second-order valence-corrected chi connectivity index (χ2v) is 9.27. The number of carbonyl (C=O) groups is 2. The fourth-order valence-corrected chi connectivity index (χ4v) is 4.62. The van der Waals surface area contributed by atoms with Gasteiger partial charge in [0.1, 0.15) is 0 Å². The maximum absolute atomic E-state index is 13.0. The lowest BCUT2D eigenvalue weighted by molar-refractivity contribution is -0.153. The fourth-order valence-electron chi connectivity index (χ4n) is 4.62. The molecular weight excluding hydrogens is 494 g/mol. The molecule has 10 nitrogen and oxygen atoms in total. The van der Waals surface area contributed by atoms with E-state index >= 15 is 0 Å². The summed E-state index contributed by atoms with van der Waals surface area (Å²) in [5.41, 5.74) is 2.53. The van der Waals surface area contributed by atoms with Crippen LogP contribution in [0.1, 0.15) is 43.9 Å². The van der Waals surface area contributed by atoms with Crippen molar-refractivity contribution >= 4 is 12.1 Å². The first-order valence-corrected chi connectivity index (χ1v) is 12.3. The number of hydrogen-bond donors (Lipinski definition) is 0. The zero-order valence-electron chi connectivity index (χ0n) is 22.9. The van der Waals surface area contributed by atoms with E-state index in [1.807, 2.05) is 19.9 Å². The molecule has 0 aromatic heterocycles. The highest BCUT2D eigenvalue weighted by Crippen LogP contribution is 2.50. The van der Waals surface area contributed by atoms with Crippen molar-refractivity contribution in [3.05, 3.63) is 45.6 Å². The van der Waals surface area contributed by atoms with Gasteiger partial charge in [0.05, 0.1) is 34.5 Å². The Morgan fingerprint density at radius 2 is 1.63 bits per heavy atom. The van der Waals surface area contributed by atoms with E-state index in [2.05, 4.69) is 0 Å². The number of carbonyl (C=O) groups excluding carboxylic acids is 2. The summed E-state index contributed by atoms with van der Waals surface area (Å²) in [6.45, 7) is 3.28. The van der Waals surface area contributed by atoms with Gasteiger partial charge in [0.25, 0.3) is 0 Å². The Bertz CT molecular complexity index is 1240. The van der Waals surface area contributed by atoms with Crippen LogP contribution in [0.2, 0.25) is 0 Å². The number of benzene rings is 1. The molecule has 0 saturated carbocycles. The Morgan fingerprint density at radius 1 is 0.947 bits per heavy atom. The van der Waals surface area contributed by atoms with Crippen molar-refractivity contribution in [1.29, 1.82) is 0 Å². The van der Waals surface area contributed by atoms with Gasteiger partial charge in [-0.1, -0.05) is 19.9 Å². The van der Waals surface area contributed by atoms with Crippen molar-refractivity contribution in [3.8, 4) is 34.1 Å². The molecular formula is C28H35NO9. The van der Waals surface area contributed by atoms with Crippen molar-refractivity contribution in [2.24, 2.45) is 5.92 Å². The highest BCUT2D eigenvalue weighted by atomic mass is 16.7. The first-order valence-electron chi connectivity index (χ1n) is 12.3. The van der Waals surface area contributed by atoms with Crippen LogP contribution in [0.25, 0.3) is 11.1 Å². The smallest absolute Gasteiger partial charge is 0.412 e. The minimum absolute atomic E-state index is 0.123. The molecule has 1 aliphatic rings. The van der Waals surface area contributed by atoms with Crippen molar-refractivity contribution in [1.82, 2.24) is 4.90 Å². The first-order chi connectivity index (χ1) is 18.2. The topological polar surface area (TPSA) is 110 Å². The Balaban J connectivity index is 2.08. The Hall–Kier alpha value is -3.95. The second kappa shape index (κ2) is 12.5. The molecule has 206 valence electrons.